The number of benzene rings is 1. The van der Waals surface area contributed by atoms with Crippen LogP contribution in [0.25, 0.3) is 0 Å². The number of hydrogen-bond acceptors (Lipinski definition) is 5. The van der Waals surface area contributed by atoms with Crippen LogP contribution in [0.3, 0.4) is 0 Å². The lowest BCUT2D eigenvalue weighted by atomic mass is 10.0. The minimum Gasteiger partial charge on any atom is -0.493 e. The van der Waals surface area contributed by atoms with E-state index in [4.69, 9.17) is 38.5 Å². The van der Waals surface area contributed by atoms with Crippen molar-refractivity contribution in [3.8, 4) is 11.5 Å². The number of hydrazine groups is 1. The fourth-order valence-electron chi connectivity index (χ4n) is 2.07. The van der Waals surface area contributed by atoms with Gasteiger partial charge in [-0.2, -0.15) is 0 Å². The second-order valence-corrected chi connectivity index (χ2v) is 6.57. The third-order valence-corrected chi connectivity index (χ3v) is 4.63. The normalized spacial score (nSPS) is 12.2. The molecule has 21 heavy (non-hydrogen) atoms. The van der Waals surface area contributed by atoms with Crippen molar-refractivity contribution in [2.24, 2.45) is 5.84 Å². The predicted molar refractivity (Wildman–Crippen MR) is 87.7 cm³/mol. The van der Waals surface area contributed by atoms with Crippen molar-refractivity contribution < 1.29 is 9.47 Å². The Bertz CT molecular complexity index is 619. The van der Waals surface area contributed by atoms with Gasteiger partial charge in [-0.3, -0.25) is 11.3 Å². The summed E-state index contributed by atoms with van der Waals surface area (Å²) in [5.74, 6) is 6.76. The van der Waals surface area contributed by atoms with Crippen molar-refractivity contribution in [3.63, 3.8) is 0 Å². The zero-order chi connectivity index (χ0) is 15.4. The minimum atomic E-state index is -0.1000. The molecule has 1 unspecified atom stereocenters. The van der Waals surface area contributed by atoms with Crippen molar-refractivity contribution in [2.75, 3.05) is 14.2 Å². The molecule has 0 amide bonds. The molecule has 0 radical (unpaired) electrons. The maximum Gasteiger partial charge on any atom is 0.179 e. The highest BCUT2D eigenvalue weighted by Gasteiger charge is 2.17. The summed E-state index contributed by atoms with van der Waals surface area (Å²) in [6, 6.07) is 7.45. The van der Waals surface area contributed by atoms with Crippen molar-refractivity contribution in [3.05, 3.63) is 44.1 Å². The molecule has 1 heterocycles. The third kappa shape index (κ3) is 3.81. The van der Waals surface area contributed by atoms with Crippen LogP contribution in [0.1, 0.15) is 16.5 Å². The van der Waals surface area contributed by atoms with E-state index in [-0.39, 0.29) is 6.04 Å². The van der Waals surface area contributed by atoms with E-state index in [1.54, 1.807) is 14.2 Å². The summed E-state index contributed by atoms with van der Waals surface area (Å²) in [6.07, 6.45) is 0.708. The fraction of sp³-hybridized carbons (Fsp3) is 0.286. The van der Waals surface area contributed by atoms with Gasteiger partial charge in [0.2, 0.25) is 0 Å². The van der Waals surface area contributed by atoms with Crippen LogP contribution in [0.4, 0.5) is 0 Å². The maximum atomic E-state index is 6.23. The van der Waals surface area contributed by atoms with Gasteiger partial charge >= 0.3 is 0 Å². The number of ether oxygens (including phenoxy) is 2. The molecule has 0 saturated carbocycles. The molecule has 0 saturated heterocycles. The van der Waals surface area contributed by atoms with E-state index in [9.17, 15) is 0 Å². The van der Waals surface area contributed by atoms with E-state index in [0.29, 0.717) is 22.9 Å². The van der Waals surface area contributed by atoms with Gasteiger partial charge in [0.25, 0.3) is 0 Å². The highest BCUT2D eigenvalue weighted by Crippen LogP contribution is 2.38. The van der Waals surface area contributed by atoms with Gasteiger partial charge in [0, 0.05) is 11.3 Å². The molecule has 1 atom stereocenters. The van der Waals surface area contributed by atoms with Crippen LogP contribution in [0.15, 0.2) is 24.3 Å². The molecular weight excluding hydrogens is 331 g/mol. The Morgan fingerprint density at radius 3 is 2.52 bits per heavy atom. The van der Waals surface area contributed by atoms with Crippen LogP contribution >= 0.6 is 34.5 Å². The summed E-state index contributed by atoms with van der Waals surface area (Å²) in [5.41, 5.74) is 3.72. The third-order valence-electron chi connectivity index (χ3n) is 3.09. The molecule has 0 aliphatic heterocycles. The van der Waals surface area contributed by atoms with Crippen LogP contribution in [-0.4, -0.2) is 14.2 Å². The predicted octanol–water partition coefficient (Wildman–Crippen LogP) is 3.82. The number of thiophene rings is 1. The first-order chi connectivity index (χ1) is 10.1. The molecule has 1 aromatic carbocycles. The van der Waals surface area contributed by atoms with Gasteiger partial charge in [0.15, 0.2) is 11.5 Å². The summed E-state index contributed by atoms with van der Waals surface area (Å²) in [4.78, 5) is 1.13. The largest absolute Gasteiger partial charge is 0.493 e. The first kappa shape index (κ1) is 16.4. The number of rotatable bonds is 6. The highest BCUT2D eigenvalue weighted by molar-refractivity contribution is 7.16. The zero-order valence-electron chi connectivity index (χ0n) is 11.7. The topological polar surface area (TPSA) is 56.5 Å². The molecule has 3 N–H and O–H groups in total. The number of hydrogen-bond donors (Lipinski definition) is 2. The Labute approximate surface area is 137 Å². The average Bonchev–Trinajstić information content (AvgIpc) is 2.89. The van der Waals surface area contributed by atoms with Crippen LogP contribution < -0.4 is 20.7 Å². The molecule has 4 nitrogen and oxygen atoms in total. The summed E-state index contributed by atoms with van der Waals surface area (Å²) in [6.45, 7) is 0. The summed E-state index contributed by atoms with van der Waals surface area (Å²) >= 11 is 13.7. The molecular formula is C14H16Cl2N2O2S. The van der Waals surface area contributed by atoms with Gasteiger partial charge in [0.05, 0.1) is 29.6 Å². The molecule has 1 aromatic heterocycles. The number of methoxy groups -OCH3 is 2. The Balaban J connectivity index is 2.31. The highest BCUT2D eigenvalue weighted by atomic mass is 35.5. The van der Waals surface area contributed by atoms with E-state index in [0.717, 1.165) is 14.8 Å². The molecule has 2 aromatic rings. The van der Waals surface area contributed by atoms with Gasteiger partial charge in [-0.05, 0) is 29.8 Å². The lowest BCUT2D eigenvalue weighted by Gasteiger charge is -2.18. The molecule has 0 aliphatic carbocycles. The molecule has 2 rings (SSSR count). The first-order valence-electron chi connectivity index (χ1n) is 6.20. The van der Waals surface area contributed by atoms with E-state index >= 15 is 0 Å². The van der Waals surface area contributed by atoms with E-state index in [1.165, 1.54) is 11.3 Å². The summed E-state index contributed by atoms with van der Waals surface area (Å²) in [5, 5.41) is 0.483. The number of nitrogens with one attached hydrogen (secondary N) is 1. The summed E-state index contributed by atoms with van der Waals surface area (Å²) < 4.78 is 11.3. The van der Waals surface area contributed by atoms with Gasteiger partial charge in [-0.15, -0.1) is 11.3 Å². The molecule has 0 fully saturated rings. The Morgan fingerprint density at radius 1 is 1.24 bits per heavy atom. The smallest absolute Gasteiger partial charge is 0.179 e. The maximum absolute atomic E-state index is 6.23. The van der Waals surface area contributed by atoms with Gasteiger partial charge in [0.1, 0.15) is 0 Å². The molecule has 0 bridgehead atoms. The first-order valence-corrected chi connectivity index (χ1v) is 7.78. The monoisotopic (exact) mass is 346 g/mol. The van der Waals surface area contributed by atoms with Crippen LogP contribution in [0, 0.1) is 0 Å². The van der Waals surface area contributed by atoms with E-state index in [1.807, 2.05) is 24.3 Å². The quantitative estimate of drug-likeness (QED) is 0.616. The van der Waals surface area contributed by atoms with Crippen LogP contribution in [0.2, 0.25) is 9.36 Å². The standard InChI is InChI=1S/C14H16Cl2N2O2S/c1-19-12-6-8(5-10(15)14(12)20-2)11(18-17)7-9-3-4-13(16)21-9/h3-6,11,18H,7,17H2,1-2H3. The fourth-order valence-corrected chi connectivity index (χ4v) is 3.50. The lowest BCUT2D eigenvalue weighted by molar-refractivity contribution is 0.354. The van der Waals surface area contributed by atoms with E-state index in [2.05, 4.69) is 5.43 Å². The van der Waals surface area contributed by atoms with Crippen molar-refractivity contribution in [1.29, 1.82) is 0 Å². The molecule has 0 aliphatic rings. The molecule has 0 spiro atoms. The summed E-state index contributed by atoms with van der Waals surface area (Å²) in [7, 11) is 3.12. The van der Waals surface area contributed by atoms with Crippen molar-refractivity contribution >= 4 is 34.5 Å². The zero-order valence-corrected chi connectivity index (χ0v) is 14.0. The number of nitrogens with two attached hydrogens (primary N) is 1. The molecule has 7 heteroatoms. The second-order valence-electron chi connectivity index (χ2n) is 4.37. The Hall–Kier alpha value is -0.980. The van der Waals surface area contributed by atoms with E-state index < -0.39 is 0 Å². The van der Waals surface area contributed by atoms with Crippen LogP contribution in [0.5, 0.6) is 11.5 Å². The van der Waals surface area contributed by atoms with Crippen molar-refractivity contribution in [2.45, 2.75) is 12.5 Å². The Kier molecular flexibility index (Phi) is 5.72. The van der Waals surface area contributed by atoms with Gasteiger partial charge in [-0.1, -0.05) is 23.2 Å². The molecule has 114 valence electrons. The minimum absolute atomic E-state index is 0.1000. The SMILES string of the molecule is COc1cc(C(Cc2ccc(Cl)s2)NN)cc(Cl)c1OC. The lowest BCUT2D eigenvalue weighted by Crippen LogP contribution is -2.29. The second kappa shape index (κ2) is 7.33. The number of halogens is 2. The Morgan fingerprint density at radius 2 is 2.00 bits per heavy atom. The van der Waals surface area contributed by atoms with Gasteiger partial charge in [-0.25, -0.2) is 0 Å². The van der Waals surface area contributed by atoms with Gasteiger partial charge < -0.3 is 9.47 Å². The van der Waals surface area contributed by atoms with Crippen molar-refractivity contribution in [1.82, 2.24) is 5.43 Å². The van der Waals surface area contributed by atoms with Crippen LogP contribution in [-0.2, 0) is 6.42 Å². The average molecular weight is 347 g/mol.